The molecule has 25 heteroatoms. The van der Waals surface area contributed by atoms with Gasteiger partial charge in [-0.3, -0.25) is 35.4 Å². The molecule has 6 heterocycles. The minimum absolute atomic E-state index is 0.00799. The first-order valence-electron chi connectivity index (χ1n) is 31.1. The molecule has 0 saturated heterocycles. The second-order valence-electron chi connectivity index (χ2n) is 22.0. The van der Waals surface area contributed by atoms with Crippen LogP contribution in [0.2, 0.25) is 0 Å². The number of aromatic amines is 3. The number of aliphatic carboxylic acids is 2. The van der Waals surface area contributed by atoms with Crippen molar-refractivity contribution in [1.29, 1.82) is 0 Å². The molecule has 0 aliphatic carbocycles. The Bertz CT molecular complexity index is 5120. The van der Waals surface area contributed by atoms with Crippen molar-refractivity contribution in [2.45, 2.75) is 13.0 Å². The highest BCUT2D eigenvalue weighted by Crippen LogP contribution is 2.48. The number of nitro groups is 2. The first-order valence-corrected chi connectivity index (χ1v) is 31.1. The highest BCUT2D eigenvalue weighted by Gasteiger charge is 2.33. The fourth-order valence-electron chi connectivity index (χ4n) is 10.4. The zero-order valence-corrected chi connectivity index (χ0v) is 53.1. The number of rotatable bonds is 22. The van der Waals surface area contributed by atoms with Gasteiger partial charge < -0.3 is 43.9 Å². The molecule has 0 spiro atoms. The fourth-order valence-corrected chi connectivity index (χ4v) is 10.4. The summed E-state index contributed by atoms with van der Waals surface area (Å²) in [5.74, 6) is 1.44. The molecule has 0 radical (unpaired) electrons. The second-order valence-corrected chi connectivity index (χ2v) is 22.0. The van der Waals surface area contributed by atoms with Gasteiger partial charge in [-0.05, 0) is 138 Å². The number of ketones is 1. The number of carbonyl (C=O) groups excluding carboxylic acids is 1. The molecule has 3 aliphatic heterocycles. The van der Waals surface area contributed by atoms with Crippen LogP contribution in [0.5, 0.6) is 23.0 Å². The summed E-state index contributed by atoms with van der Waals surface area (Å²) in [7, 11) is 0. The number of ether oxygens (including phenoxy) is 4. The van der Waals surface area contributed by atoms with Crippen LogP contribution in [0, 0.1) is 20.2 Å². The van der Waals surface area contributed by atoms with Crippen LogP contribution >= 0.6 is 0 Å². The maximum absolute atomic E-state index is 12.4. The topological polar surface area (TPSA) is 348 Å². The quantitative estimate of drug-likeness (QED) is 0.00916. The van der Waals surface area contributed by atoms with Gasteiger partial charge in [-0.15, -0.1) is 0 Å². The van der Waals surface area contributed by atoms with Crippen LogP contribution in [-0.4, -0.2) is 84.5 Å². The minimum Gasteiger partial charge on any atom is -0.478 e. The summed E-state index contributed by atoms with van der Waals surface area (Å²) in [6.45, 7) is 0.738. The Labute approximate surface area is 574 Å². The molecule has 0 fully saturated rings. The first kappa shape index (κ1) is 66.7. The van der Waals surface area contributed by atoms with Gasteiger partial charge in [0.25, 0.3) is 11.5 Å². The molecule has 3 aromatic heterocycles. The summed E-state index contributed by atoms with van der Waals surface area (Å²) in [4.78, 5) is 80.5. The smallest absolute Gasteiger partial charge is 0.340 e. The van der Waals surface area contributed by atoms with Crippen LogP contribution in [0.4, 0.5) is 28.4 Å². The van der Waals surface area contributed by atoms with E-state index < -0.39 is 21.8 Å². The summed E-state index contributed by atoms with van der Waals surface area (Å²) in [6.07, 6.45) is 15.9. The molecular weight excluding hydrogens is 1290 g/mol. The Kier molecular flexibility index (Phi) is 20.8. The second kappa shape index (κ2) is 31.5. The number of aliphatic imine (C=N–C) groups is 2. The number of carboxylic acid groups (broad SMARTS) is 2. The number of benzene rings is 8. The molecule has 7 N–H and O–H groups in total. The molecule has 0 amide bonds. The SMILES string of the molecule is O=C(/C=C/c1ccc([N+](=O)[O-])cc1)c1ccc(NCc2nc3ccccc3[nH]2)cc1.O=C(O)/C(=C\C=Nc1ccccc1)C1=CCC(c2[nH]c(/C(=C/C=C/c3ccccc3)C(=O)O)c[nH+]2)=N1.O=[N+]([O-])c1c(/C=N/Nc2ccccc2)oc(-c2ccc3c(c2)OCO3)c1-c1ccc2c(c1)OCO2. The third kappa shape index (κ3) is 16.8. The molecule has 11 aromatic rings. The highest BCUT2D eigenvalue weighted by molar-refractivity contribution is 6.15. The van der Waals surface area contributed by atoms with Crippen molar-refractivity contribution >= 4 is 93.1 Å². The average Bonchev–Trinajstić information content (AvgIpc) is 1.61. The Hall–Kier alpha value is -14.4. The zero-order chi connectivity index (χ0) is 70.0. The number of fused-ring (bicyclic) bond motifs is 3. The summed E-state index contributed by atoms with van der Waals surface area (Å²) in [5.41, 5.74) is 11.8. The van der Waals surface area contributed by atoms with Gasteiger partial charge in [-0.1, -0.05) is 109 Å². The van der Waals surface area contributed by atoms with Gasteiger partial charge in [-0.25, -0.2) is 29.5 Å². The summed E-state index contributed by atoms with van der Waals surface area (Å²) in [5, 5.41) is 49.7. The van der Waals surface area contributed by atoms with E-state index in [2.05, 4.69) is 45.8 Å². The number of anilines is 2. The van der Waals surface area contributed by atoms with Gasteiger partial charge in [0.1, 0.15) is 34.6 Å². The average molecular weight is 1350 g/mol. The van der Waals surface area contributed by atoms with E-state index in [0.29, 0.717) is 81.3 Å². The van der Waals surface area contributed by atoms with E-state index in [9.17, 15) is 44.8 Å². The standard InChI is InChI=1S/C28H22N4O4.C25H17N3O7.C23H18N4O3/c33-27(34)21(13-7-10-19-8-3-1-4-9-19)25-18-30-26(32-25)24-15-14-23(31-24)22(28(35)36)16-17-29-20-11-5-2-6-12-20;29-28(30)24-22(12-26-27-17-4-2-1-3-5-17)35-25(16-7-9-19-21(11-16)34-14-32-19)23(24)15-6-8-18-20(10-15)33-13-31-18;28-22(14-7-16-5-12-19(13-6-16)27(29)30)17-8-10-18(11-9-17)24-15-23-25-20-3-1-2-4-21(20)26-23/h1-14,16-18H,15H2,(H,30,32)(H,33,34)(H,35,36);1-12,27H,13-14H2;1-14,24H,15H2,(H,25,26)/p+1/b10-7+,21-13-,22-16-,29-17?;26-12+;14-7+. The predicted octanol–water partition coefficient (Wildman–Crippen LogP) is 14.9. The molecule has 14 rings (SSSR count). The maximum atomic E-state index is 12.4. The highest BCUT2D eigenvalue weighted by atomic mass is 16.7. The van der Waals surface area contributed by atoms with Crippen LogP contribution in [0.1, 0.15) is 51.0 Å². The number of nitro benzene ring substituents is 1. The van der Waals surface area contributed by atoms with Crippen LogP contribution < -0.4 is 34.7 Å². The van der Waals surface area contributed by atoms with Crippen LogP contribution in [0.25, 0.3) is 51.2 Å². The fraction of sp³-hybridized carbons (Fsp3) is 0.0526. The number of furan rings is 1. The first-order chi connectivity index (χ1) is 49.3. The number of hydrogen-bond donors (Lipinski definition) is 6. The third-order valence-electron chi connectivity index (χ3n) is 15.4. The number of allylic oxidation sites excluding steroid dienone is 5. The van der Waals surface area contributed by atoms with Crippen molar-refractivity contribution in [3.63, 3.8) is 0 Å². The van der Waals surface area contributed by atoms with E-state index in [4.69, 9.17) is 23.4 Å². The van der Waals surface area contributed by atoms with Gasteiger partial charge in [0, 0.05) is 41.6 Å². The summed E-state index contributed by atoms with van der Waals surface area (Å²) in [6, 6.07) is 59.4. The molecule has 0 bridgehead atoms. The van der Waals surface area contributed by atoms with Crippen molar-refractivity contribution in [2.75, 3.05) is 24.3 Å². The van der Waals surface area contributed by atoms with Crippen LogP contribution in [0.15, 0.2) is 268 Å². The number of hydrazone groups is 1. The molecule has 8 aromatic carbocycles. The summed E-state index contributed by atoms with van der Waals surface area (Å²) < 4.78 is 27.8. The van der Waals surface area contributed by atoms with Gasteiger partial charge in [-0.2, -0.15) is 5.10 Å². The van der Waals surface area contributed by atoms with Gasteiger partial charge in [0.15, 0.2) is 34.5 Å². The number of H-pyrrole nitrogens is 3. The Morgan fingerprint density at radius 1 is 0.653 bits per heavy atom. The van der Waals surface area contributed by atoms with E-state index in [1.807, 2.05) is 133 Å². The van der Waals surface area contributed by atoms with E-state index in [-0.39, 0.29) is 59.0 Å². The van der Waals surface area contributed by atoms with Gasteiger partial charge in [0.2, 0.25) is 19.3 Å². The minimum atomic E-state index is -1.12. The van der Waals surface area contributed by atoms with E-state index >= 15 is 0 Å². The number of nitrogens with zero attached hydrogens (tertiary/aromatic N) is 6. The maximum Gasteiger partial charge on any atom is 0.340 e. The van der Waals surface area contributed by atoms with E-state index in [0.717, 1.165) is 39.4 Å². The number of non-ortho nitro benzene ring substituents is 1. The number of para-hydroxylation sites is 4. The number of carboxylic acids is 2. The van der Waals surface area contributed by atoms with Crippen molar-refractivity contribution in [1.82, 2.24) is 15.0 Å². The monoisotopic (exact) mass is 1350 g/mol. The molecule has 0 unspecified atom stereocenters. The predicted molar refractivity (Wildman–Crippen MR) is 380 cm³/mol. The van der Waals surface area contributed by atoms with E-state index in [1.165, 1.54) is 42.8 Å². The third-order valence-corrected chi connectivity index (χ3v) is 15.4. The Morgan fingerprint density at radius 2 is 1.30 bits per heavy atom. The van der Waals surface area contributed by atoms with E-state index in [1.54, 1.807) is 85.1 Å². The number of nitrogens with one attached hydrogen (secondary N) is 5. The lowest BCUT2D eigenvalue weighted by atomic mass is 9.99. The largest absolute Gasteiger partial charge is 0.478 e. The molecular formula is C76H58N11O14+. The van der Waals surface area contributed by atoms with Crippen LogP contribution in [0.3, 0.4) is 0 Å². The molecule has 0 saturated carbocycles. The van der Waals surface area contributed by atoms with Gasteiger partial charge >= 0.3 is 17.6 Å². The molecule has 500 valence electrons. The van der Waals surface area contributed by atoms with Crippen molar-refractivity contribution < 1.29 is 62.8 Å². The number of hydrogen-bond acceptors (Lipinski definition) is 18. The number of carbonyl (C=O) groups is 3. The van der Waals surface area contributed by atoms with Crippen molar-refractivity contribution in [3.05, 3.63) is 308 Å². The molecule has 0 atom stereocenters. The van der Waals surface area contributed by atoms with Crippen molar-refractivity contribution in [2.24, 2.45) is 15.1 Å². The van der Waals surface area contributed by atoms with Gasteiger partial charge in [0.05, 0.1) is 56.3 Å². The molecule has 25 nitrogen and oxygen atoms in total. The lowest BCUT2D eigenvalue weighted by Crippen LogP contribution is -2.12. The lowest BCUT2D eigenvalue weighted by Gasteiger charge is -2.05. The molecule has 3 aliphatic rings. The summed E-state index contributed by atoms with van der Waals surface area (Å²) >= 11 is 0. The normalized spacial score (nSPS) is 13.0. The zero-order valence-electron chi connectivity index (χ0n) is 53.1. The Morgan fingerprint density at radius 3 is 1.98 bits per heavy atom. The van der Waals surface area contributed by atoms with Crippen LogP contribution in [-0.2, 0) is 16.1 Å². The lowest BCUT2D eigenvalue weighted by molar-refractivity contribution is -0.384. The number of imidazole rings is 2. The Balaban J connectivity index is 0.000000144. The number of aromatic nitrogens is 4. The molecule has 101 heavy (non-hydrogen) atoms. The van der Waals surface area contributed by atoms with Crippen molar-refractivity contribution in [3.8, 4) is 45.4 Å².